The molecule has 0 saturated heterocycles. The summed E-state index contributed by atoms with van der Waals surface area (Å²) in [5.41, 5.74) is 3.60. The number of aromatic nitrogens is 1. The minimum absolute atomic E-state index is 0.0518. The molecule has 0 fully saturated rings. The number of nitrogens with zero attached hydrogens (tertiary/aromatic N) is 1. The summed E-state index contributed by atoms with van der Waals surface area (Å²) in [7, 11) is 0. The number of aliphatic hydroxyl groups excluding tert-OH is 1. The van der Waals surface area contributed by atoms with Crippen molar-refractivity contribution < 1.29 is 5.11 Å². The van der Waals surface area contributed by atoms with Crippen molar-refractivity contribution in [3.8, 4) is 0 Å². The molecule has 1 aromatic carbocycles. The van der Waals surface area contributed by atoms with Crippen molar-refractivity contribution in [3.05, 3.63) is 65.5 Å². The maximum Gasteiger partial charge on any atom is 0.0626 e. The molecule has 0 saturated carbocycles. The van der Waals surface area contributed by atoms with Gasteiger partial charge < -0.3 is 10.4 Å². The average molecular weight is 270 g/mol. The summed E-state index contributed by atoms with van der Waals surface area (Å²) in [6, 6.07) is 12.5. The quantitative estimate of drug-likeness (QED) is 0.848. The first-order valence-corrected chi connectivity index (χ1v) is 7.10. The minimum atomic E-state index is -0.0518. The lowest BCUT2D eigenvalue weighted by Gasteiger charge is -2.22. The number of benzene rings is 1. The Morgan fingerprint density at radius 3 is 2.25 bits per heavy atom. The van der Waals surface area contributed by atoms with E-state index in [-0.39, 0.29) is 18.7 Å². The van der Waals surface area contributed by atoms with Crippen LogP contribution in [0.5, 0.6) is 0 Å². The summed E-state index contributed by atoms with van der Waals surface area (Å²) in [4.78, 5) is 4.03. The molecule has 2 aromatic rings. The van der Waals surface area contributed by atoms with Gasteiger partial charge in [0.05, 0.1) is 12.6 Å². The number of pyridine rings is 1. The van der Waals surface area contributed by atoms with Crippen LogP contribution in [-0.2, 0) is 6.42 Å². The van der Waals surface area contributed by atoms with Crippen molar-refractivity contribution in [3.63, 3.8) is 0 Å². The van der Waals surface area contributed by atoms with Gasteiger partial charge in [0, 0.05) is 18.4 Å². The Hall–Kier alpha value is -1.71. The third-order valence-corrected chi connectivity index (χ3v) is 3.63. The van der Waals surface area contributed by atoms with E-state index in [2.05, 4.69) is 48.4 Å². The molecule has 0 amide bonds. The van der Waals surface area contributed by atoms with Crippen molar-refractivity contribution in [2.24, 2.45) is 0 Å². The first-order valence-electron chi connectivity index (χ1n) is 7.10. The zero-order valence-corrected chi connectivity index (χ0v) is 12.1. The summed E-state index contributed by atoms with van der Waals surface area (Å²) < 4.78 is 0. The van der Waals surface area contributed by atoms with Gasteiger partial charge in [0.2, 0.25) is 0 Å². The van der Waals surface area contributed by atoms with Gasteiger partial charge in [0.1, 0.15) is 0 Å². The van der Waals surface area contributed by atoms with E-state index in [1.807, 2.05) is 12.1 Å². The van der Waals surface area contributed by atoms with Crippen LogP contribution in [0.1, 0.15) is 42.6 Å². The Morgan fingerprint density at radius 1 is 1.05 bits per heavy atom. The van der Waals surface area contributed by atoms with Crippen LogP contribution >= 0.6 is 0 Å². The van der Waals surface area contributed by atoms with E-state index < -0.39 is 0 Å². The van der Waals surface area contributed by atoms with Gasteiger partial charge in [-0.3, -0.25) is 4.98 Å². The number of hydrogen-bond acceptors (Lipinski definition) is 3. The van der Waals surface area contributed by atoms with Gasteiger partial charge >= 0.3 is 0 Å². The van der Waals surface area contributed by atoms with Crippen LogP contribution in [0.2, 0.25) is 0 Å². The maximum atomic E-state index is 9.63. The van der Waals surface area contributed by atoms with Gasteiger partial charge in [0.25, 0.3) is 0 Å². The molecule has 1 aromatic heterocycles. The van der Waals surface area contributed by atoms with Gasteiger partial charge in [0.15, 0.2) is 0 Å². The van der Waals surface area contributed by atoms with E-state index in [1.54, 1.807) is 12.4 Å². The highest BCUT2D eigenvalue weighted by Crippen LogP contribution is 2.19. The van der Waals surface area contributed by atoms with Crippen LogP contribution in [0.3, 0.4) is 0 Å². The SMILES string of the molecule is CCc1ccc(C(CO)NC(C)c2ccncc2)cc1. The third kappa shape index (κ3) is 3.65. The zero-order valence-electron chi connectivity index (χ0n) is 12.1. The minimum Gasteiger partial charge on any atom is -0.394 e. The number of aliphatic hydroxyl groups is 1. The van der Waals surface area contributed by atoms with Crippen LogP contribution in [-0.4, -0.2) is 16.7 Å². The number of rotatable bonds is 6. The predicted molar refractivity (Wildman–Crippen MR) is 81.4 cm³/mol. The molecule has 0 aliphatic carbocycles. The summed E-state index contributed by atoms with van der Waals surface area (Å²) in [6.45, 7) is 4.32. The summed E-state index contributed by atoms with van der Waals surface area (Å²) >= 11 is 0. The van der Waals surface area contributed by atoms with Crippen LogP contribution in [0.4, 0.5) is 0 Å². The standard InChI is InChI=1S/C17H22N2O/c1-3-14-4-6-16(7-5-14)17(12-20)19-13(2)15-8-10-18-11-9-15/h4-11,13,17,19-20H,3,12H2,1-2H3. The molecule has 20 heavy (non-hydrogen) atoms. The fourth-order valence-corrected chi connectivity index (χ4v) is 2.29. The van der Waals surface area contributed by atoms with E-state index in [9.17, 15) is 5.11 Å². The Balaban J connectivity index is 2.08. The molecular formula is C17H22N2O. The fraction of sp³-hybridized carbons (Fsp3) is 0.353. The van der Waals surface area contributed by atoms with Gasteiger partial charge in [-0.25, -0.2) is 0 Å². The molecular weight excluding hydrogens is 248 g/mol. The van der Waals surface area contributed by atoms with Crippen molar-refractivity contribution in [2.45, 2.75) is 32.4 Å². The fourth-order valence-electron chi connectivity index (χ4n) is 2.29. The van der Waals surface area contributed by atoms with Crippen molar-refractivity contribution >= 4 is 0 Å². The summed E-state index contributed by atoms with van der Waals surface area (Å²) in [6.07, 6.45) is 4.61. The molecule has 1 heterocycles. The van der Waals surface area contributed by atoms with E-state index in [4.69, 9.17) is 0 Å². The Labute approximate surface area is 120 Å². The van der Waals surface area contributed by atoms with Crippen LogP contribution in [0, 0.1) is 0 Å². The highest BCUT2D eigenvalue weighted by molar-refractivity contribution is 5.26. The molecule has 2 N–H and O–H groups in total. The molecule has 0 spiro atoms. The Kier molecular flexibility index (Phi) is 5.27. The second-order valence-electron chi connectivity index (χ2n) is 5.00. The zero-order chi connectivity index (χ0) is 14.4. The smallest absolute Gasteiger partial charge is 0.0626 e. The summed E-state index contributed by atoms with van der Waals surface area (Å²) in [5.74, 6) is 0. The van der Waals surface area contributed by atoms with Crippen molar-refractivity contribution in [1.82, 2.24) is 10.3 Å². The largest absolute Gasteiger partial charge is 0.394 e. The van der Waals surface area contributed by atoms with E-state index in [0.717, 1.165) is 12.0 Å². The maximum absolute atomic E-state index is 9.63. The lowest BCUT2D eigenvalue weighted by Crippen LogP contribution is -2.27. The monoisotopic (exact) mass is 270 g/mol. The second-order valence-corrected chi connectivity index (χ2v) is 5.00. The number of aryl methyl sites for hydroxylation is 1. The van der Waals surface area contributed by atoms with Gasteiger partial charge in [-0.05, 0) is 42.2 Å². The Bertz CT molecular complexity index is 510. The first-order chi connectivity index (χ1) is 9.74. The lowest BCUT2D eigenvalue weighted by molar-refractivity contribution is 0.235. The van der Waals surface area contributed by atoms with E-state index >= 15 is 0 Å². The number of nitrogens with one attached hydrogen (secondary N) is 1. The first kappa shape index (κ1) is 14.7. The molecule has 0 radical (unpaired) electrons. The highest BCUT2D eigenvalue weighted by atomic mass is 16.3. The molecule has 2 unspecified atom stereocenters. The molecule has 3 heteroatoms. The number of hydrogen-bond donors (Lipinski definition) is 2. The van der Waals surface area contributed by atoms with Crippen LogP contribution in [0.25, 0.3) is 0 Å². The molecule has 2 rings (SSSR count). The lowest BCUT2D eigenvalue weighted by atomic mass is 10.0. The average Bonchev–Trinajstić information content (AvgIpc) is 2.53. The molecule has 0 aliphatic rings. The summed E-state index contributed by atoms with van der Waals surface area (Å²) in [5, 5.41) is 13.1. The van der Waals surface area contributed by atoms with Gasteiger partial charge in [-0.2, -0.15) is 0 Å². The topological polar surface area (TPSA) is 45.1 Å². The van der Waals surface area contributed by atoms with E-state index in [1.165, 1.54) is 11.1 Å². The molecule has 3 nitrogen and oxygen atoms in total. The second kappa shape index (κ2) is 7.17. The predicted octanol–water partition coefficient (Wildman–Crippen LogP) is 3.03. The van der Waals surface area contributed by atoms with Crippen molar-refractivity contribution in [1.29, 1.82) is 0 Å². The molecule has 0 aliphatic heterocycles. The molecule has 2 atom stereocenters. The Morgan fingerprint density at radius 2 is 1.70 bits per heavy atom. The van der Waals surface area contributed by atoms with E-state index in [0.29, 0.717) is 0 Å². The van der Waals surface area contributed by atoms with Crippen LogP contribution in [0.15, 0.2) is 48.8 Å². The molecule has 106 valence electrons. The molecule has 0 bridgehead atoms. The van der Waals surface area contributed by atoms with Crippen molar-refractivity contribution in [2.75, 3.05) is 6.61 Å². The van der Waals surface area contributed by atoms with Crippen LogP contribution < -0.4 is 5.32 Å². The normalized spacial score (nSPS) is 13.9. The van der Waals surface area contributed by atoms with Gasteiger partial charge in [-0.1, -0.05) is 31.2 Å². The van der Waals surface area contributed by atoms with Gasteiger partial charge in [-0.15, -0.1) is 0 Å². The highest BCUT2D eigenvalue weighted by Gasteiger charge is 2.14. The third-order valence-electron chi connectivity index (χ3n) is 3.63.